The Labute approximate surface area is 177 Å². The van der Waals surface area contributed by atoms with Crippen molar-refractivity contribution in [3.8, 4) is 5.75 Å². The highest BCUT2D eigenvalue weighted by atomic mass is 32.1. The van der Waals surface area contributed by atoms with Crippen LogP contribution in [-0.4, -0.2) is 57.4 Å². The minimum absolute atomic E-state index is 0.428. The maximum absolute atomic E-state index is 5.78. The third-order valence-corrected chi connectivity index (χ3v) is 6.13. The minimum Gasteiger partial charge on any atom is -0.493 e. The largest absolute Gasteiger partial charge is 0.493 e. The first kappa shape index (κ1) is 21.6. The van der Waals surface area contributed by atoms with Gasteiger partial charge in [-0.1, -0.05) is 6.07 Å². The second-order valence-corrected chi connectivity index (χ2v) is 8.24. The fourth-order valence-corrected chi connectivity index (χ4v) is 4.28. The molecule has 2 aromatic rings. The molecule has 0 amide bonds. The van der Waals surface area contributed by atoms with E-state index < -0.39 is 0 Å². The molecule has 1 aromatic carbocycles. The van der Waals surface area contributed by atoms with Gasteiger partial charge in [-0.2, -0.15) is 0 Å². The molecule has 7 heteroatoms. The monoisotopic (exact) mass is 416 g/mol. The normalized spacial score (nSPS) is 15.6. The molecule has 0 saturated heterocycles. The number of benzene rings is 1. The zero-order valence-electron chi connectivity index (χ0n) is 17.6. The molecule has 0 saturated carbocycles. The number of ether oxygens (including phenoxy) is 2. The van der Waals surface area contributed by atoms with Crippen molar-refractivity contribution in [3.63, 3.8) is 0 Å². The number of methoxy groups -OCH3 is 1. The Morgan fingerprint density at radius 2 is 2.21 bits per heavy atom. The third kappa shape index (κ3) is 6.45. The Balaban J connectivity index is 1.47. The summed E-state index contributed by atoms with van der Waals surface area (Å²) in [5.74, 6) is 1.61. The summed E-state index contributed by atoms with van der Waals surface area (Å²) in [5, 5.41) is 9.02. The minimum atomic E-state index is 0.428. The van der Waals surface area contributed by atoms with E-state index in [2.05, 4.69) is 38.9 Å². The third-order valence-electron chi connectivity index (χ3n) is 5.11. The van der Waals surface area contributed by atoms with Crippen molar-refractivity contribution < 1.29 is 9.47 Å². The Morgan fingerprint density at radius 1 is 1.31 bits per heavy atom. The molecule has 1 unspecified atom stereocenters. The second-order valence-electron chi connectivity index (χ2n) is 7.24. The van der Waals surface area contributed by atoms with Crippen LogP contribution in [0.5, 0.6) is 5.75 Å². The van der Waals surface area contributed by atoms with Crippen LogP contribution in [0.4, 0.5) is 5.69 Å². The van der Waals surface area contributed by atoms with Crippen molar-refractivity contribution in [2.45, 2.75) is 32.4 Å². The van der Waals surface area contributed by atoms with E-state index in [1.165, 1.54) is 5.56 Å². The van der Waals surface area contributed by atoms with Gasteiger partial charge in [-0.3, -0.25) is 9.89 Å². The number of thiophene rings is 1. The summed E-state index contributed by atoms with van der Waals surface area (Å²) in [6.45, 7) is 6.61. The van der Waals surface area contributed by atoms with Crippen LogP contribution >= 0.6 is 11.3 Å². The van der Waals surface area contributed by atoms with Crippen LogP contribution in [0, 0.1) is 0 Å². The zero-order valence-corrected chi connectivity index (χ0v) is 18.4. The molecule has 2 heterocycles. The lowest BCUT2D eigenvalue weighted by Gasteiger charge is -2.32. The van der Waals surface area contributed by atoms with E-state index in [9.17, 15) is 0 Å². The SMILES string of the molecule is CN=C(NCC(C)N1CCc2sccc2C1)Nc1cccc(OCCCOC)c1. The molecule has 0 aliphatic carbocycles. The average Bonchev–Trinajstić information content (AvgIpc) is 3.22. The van der Waals surface area contributed by atoms with Gasteiger partial charge in [0.05, 0.1) is 6.61 Å². The highest BCUT2D eigenvalue weighted by Gasteiger charge is 2.21. The number of aliphatic imine (C=N–C) groups is 1. The van der Waals surface area contributed by atoms with Crippen molar-refractivity contribution in [2.24, 2.45) is 4.99 Å². The van der Waals surface area contributed by atoms with Crippen LogP contribution in [0.25, 0.3) is 0 Å². The zero-order chi connectivity index (χ0) is 20.5. The number of fused-ring (bicyclic) bond motifs is 1. The van der Waals surface area contributed by atoms with Crippen molar-refractivity contribution >= 4 is 23.0 Å². The van der Waals surface area contributed by atoms with Gasteiger partial charge in [0.2, 0.25) is 0 Å². The Kier molecular flexibility index (Phi) is 8.34. The highest BCUT2D eigenvalue weighted by Crippen LogP contribution is 2.25. The fourth-order valence-electron chi connectivity index (χ4n) is 3.39. The molecule has 1 atom stereocenters. The van der Waals surface area contributed by atoms with E-state index in [1.807, 2.05) is 35.6 Å². The van der Waals surface area contributed by atoms with Crippen molar-refractivity contribution in [1.29, 1.82) is 0 Å². The number of nitrogens with one attached hydrogen (secondary N) is 2. The first-order valence-electron chi connectivity index (χ1n) is 10.2. The summed E-state index contributed by atoms with van der Waals surface area (Å²) < 4.78 is 10.8. The van der Waals surface area contributed by atoms with Gasteiger partial charge < -0.3 is 20.1 Å². The van der Waals surface area contributed by atoms with Crippen molar-refractivity contribution in [2.75, 3.05) is 45.8 Å². The average molecular weight is 417 g/mol. The van der Waals surface area contributed by atoms with Crippen LogP contribution in [0.2, 0.25) is 0 Å². The van der Waals surface area contributed by atoms with E-state index in [4.69, 9.17) is 9.47 Å². The molecular formula is C22H32N4O2S. The van der Waals surface area contributed by atoms with Gasteiger partial charge in [-0.25, -0.2) is 0 Å². The van der Waals surface area contributed by atoms with E-state index in [1.54, 1.807) is 19.0 Å². The van der Waals surface area contributed by atoms with E-state index in [0.29, 0.717) is 19.3 Å². The van der Waals surface area contributed by atoms with Crippen LogP contribution in [0.3, 0.4) is 0 Å². The van der Waals surface area contributed by atoms with Crippen LogP contribution in [0.15, 0.2) is 40.7 Å². The number of hydrogen-bond donors (Lipinski definition) is 2. The number of anilines is 1. The molecule has 2 N–H and O–H groups in total. The molecule has 1 aliphatic rings. The maximum Gasteiger partial charge on any atom is 0.195 e. The van der Waals surface area contributed by atoms with Gasteiger partial charge in [0.1, 0.15) is 5.75 Å². The van der Waals surface area contributed by atoms with Crippen molar-refractivity contribution in [1.82, 2.24) is 10.2 Å². The second kappa shape index (κ2) is 11.2. The highest BCUT2D eigenvalue weighted by molar-refractivity contribution is 7.10. The molecule has 29 heavy (non-hydrogen) atoms. The summed E-state index contributed by atoms with van der Waals surface area (Å²) in [5.41, 5.74) is 2.44. The summed E-state index contributed by atoms with van der Waals surface area (Å²) in [7, 11) is 3.50. The predicted molar refractivity (Wildman–Crippen MR) is 121 cm³/mol. The Morgan fingerprint density at radius 3 is 3.03 bits per heavy atom. The van der Waals surface area contributed by atoms with E-state index in [0.717, 1.165) is 49.9 Å². The Hall–Kier alpha value is -2.09. The standard InChI is InChI=1S/C22H32N4O2S/c1-17(26-10-8-21-18(16-26)9-13-29-21)15-24-22(23-2)25-19-6-4-7-20(14-19)28-12-5-11-27-3/h4,6-7,9,13-14,17H,5,8,10-12,15-16H2,1-3H3,(H2,23,24,25). The van der Waals surface area contributed by atoms with Gasteiger partial charge in [0.25, 0.3) is 0 Å². The molecule has 3 rings (SSSR count). The molecule has 1 aliphatic heterocycles. The number of rotatable bonds is 9. The summed E-state index contributed by atoms with van der Waals surface area (Å²) in [6, 6.07) is 10.6. The summed E-state index contributed by atoms with van der Waals surface area (Å²) in [6.07, 6.45) is 2.03. The molecule has 0 radical (unpaired) electrons. The summed E-state index contributed by atoms with van der Waals surface area (Å²) >= 11 is 1.88. The molecule has 0 fully saturated rings. The topological polar surface area (TPSA) is 58.1 Å². The number of nitrogens with zero attached hydrogens (tertiary/aromatic N) is 2. The lowest BCUT2D eigenvalue weighted by Crippen LogP contribution is -2.45. The molecule has 0 bridgehead atoms. The molecule has 0 spiro atoms. The molecular weight excluding hydrogens is 384 g/mol. The smallest absolute Gasteiger partial charge is 0.195 e. The van der Waals surface area contributed by atoms with Gasteiger partial charge in [-0.15, -0.1) is 11.3 Å². The van der Waals surface area contributed by atoms with Gasteiger partial charge in [0, 0.05) is 69.5 Å². The van der Waals surface area contributed by atoms with Crippen LogP contribution < -0.4 is 15.4 Å². The van der Waals surface area contributed by atoms with Gasteiger partial charge >= 0.3 is 0 Å². The molecule has 1 aromatic heterocycles. The molecule has 6 nitrogen and oxygen atoms in total. The Bertz CT molecular complexity index is 793. The first-order valence-corrected chi connectivity index (χ1v) is 11.1. The predicted octanol–water partition coefficient (Wildman–Crippen LogP) is 3.60. The number of guanidine groups is 1. The quantitative estimate of drug-likeness (QED) is 0.372. The van der Waals surface area contributed by atoms with Gasteiger partial charge in [0.15, 0.2) is 5.96 Å². The fraction of sp³-hybridized carbons (Fsp3) is 0.500. The molecule has 158 valence electrons. The summed E-state index contributed by atoms with van der Waals surface area (Å²) in [4.78, 5) is 8.44. The lowest BCUT2D eigenvalue weighted by atomic mass is 10.1. The van der Waals surface area contributed by atoms with E-state index >= 15 is 0 Å². The maximum atomic E-state index is 5.78. The van der Waals surface area contributed by atoms with E-state index in [-0.39, 0.29) is 0 Å². The number of hydrogen-bond acceptors (Lipinski definition) is 5. The van der Waals surface area contributed by atoms with Crippen LogP contribution in [-0.2, 0) is 17.7 Å². The lowest BCUT2D eigenvalue weighted by molar-refractivity contribution is 0.172. The van der Waals surface area contributed by atoms with Crippen molar-refractivity contribution in [3.05, 3.63) is 46.2 Å². The van der Waals surface area contributed by atoms with Crippen LogP contribution in [0.1, 0.15) is 23.8 Å². The first-order chi connectivity index (χ1) is 14.2. The van der Waals surface area contributed by atoms with Gasteiger partial charge in [-0.05, 0) is 42.5 Å².